The molecule has 0 spiro atoms. The van der Waals surface area contributed by atoms with Gasteiger partial charge in [0.15, 0.2) is 11.5 Å². The summed E-state index contributed by atoms with van der Waals surface area (Å²) in [5.74, 6) is 0.00109. The lowest BCUT2D eigenvalue weighted by Gasteiger charge is -2.12. The Kier molecular flexibility index (Phi) is 6.87. The van der Waals surface area contributed by atoms with E-state index in [-0.39, 0.29) is 22.3 Å². The first-order valence-corrected chi connectivity index (χ1v) is 11.5. The molecule has 0 radical (unpaired) electrons. The predicted octanol–water partition coefficient (Wildman–Crippen LogP) is 4.50. The molecule has 0 aromatic heterocycles. The third kappa shape index (κ3) is 4.86. The number of benzene rings is 2. The Morgan fingerprint density at radius 3 is 2.53 bits per heavy atom. The maximum atomic E-state index is 12.5. The fraction of sp³-hybridized carbons (Fsp3) is 0.100. The molecule has 0 aliphatic carbocycles. The number of thiocarbonyl (C=S) groups is 1. The third-order valence-corrected chi connectivity index (χ3v) is 6.85. The van der Waals surface area contributed by atoms with E-state index in [0.29, 0.717) is 26.4 Å². The number of halogens is 1. The van der Waals surface area contributed by atoms with E-state index in [2.05, 4.69) is 6.58 Å². The van der Waals surface area contributed by atoms with Crippen molar-refractivity contribution >= 4 is 62.0 Å². The van der Waals surface area contributed by atoms with Crippen molar-refractivity contribution in [3.8, 4) is 11.5 Å². The average molecular weight is 482 g/mol. The van der Waals surface area contributed by atoms with Crippen LogP contribution in [0, 0.1) is 0 Å². The van der Waals surface area contributed by atoms with E-state index < -0.39 is 10.1 Å². The predicted molar refractivity (Wildman–Crippen MR) is 122 cm³/mol. The van der Waals surface area contributed by atoms with Crippen molar-refractivity contribution in [2.75, 3.05) is 13.7 Å². The molecule has 10 heteroatoms. The zero-order valence-electron chi connectivity index (χ0n) is 15.7. The molecule has 6 nitrogen and oxygen atoms in total. The van der Waals surface area contributed by atoms with Gasteiger partial charge in [-0.1, -0.05) is 47.7 Å². The number of hydrogen-bond acceptors (Lipinski definition) is 7. The second kappa shape index (κ2) is 9.22. The van der Waals surface area contributed by atoms with E-state index in [4.69, 9.17) is 32.7 Å². The van der Waals surface area contributed by atoms with Gasteiger partial charge in [0.1, 0.15) is 9.22 Å². The van der Waals surface area contributed by atoms with E-state index in [0.717, 1.165) is 0 Å². The van der Waals surface area contributed by atoms with Gasteiger partial charge >= 0.3 is 10.1 Å². The number of hydrogen-bond donors (Lipinski definition) is 0. The van der Waals surface area contributed by atoms with E-state index in [1.807, 2.05) is 0 Å². The maximum Gasteiger partial charge on any atom is 0.339 e. The molecule has 1 fully saturated rings. The monoisotopic (exact) mass is 481 g/mol. The van der Waals surface area contributed by atoms with Crippen LogP contribution in [0.15, 0.2) is 64.9 Å². The number of carbonyl (C=O) groups excluding carboxylic acids is 1. The van der Waals surface area contributed by atoms with Crippen LogP contribution in [0.2, 0.25) is 5.02 Å². The fourth-order valence-electron chi connectivity index (χ4n) is 2.55. The topological polar surface area (TPSA) is 72.9 Å². The lowest BCUT2D eigenvalue weighted by molar-refractivity contribution is -0.121. The molecule has 0 saturated carbocycles. The van der Waals surface area contributed by atoms with Crippen LogP contribution >= 0.6 is 35.6 Å². The molecule has 156 valence electrons. The van der Waals surface area contributed by atoms with Crippen molar-refractivity contribution in [2.45, 2.75) is 4.90 Å². The molecule has 1 aliphatic rings. The quantitative estimate of drug-likeness (QED) is 0.249. The molecular formula is C20H16ClNO5S3. The number of methoxy groups -OCH3 is 1. The van der Waals surface area contributed by atoms with Gasteiger partial charge in [-0.25, -0.2) is 0 Å². The molecule has 3 rings (SSSR count). The highest BCUT2D eigenvalue weighted by Gasteiger charge is 2.31. The second-order valence-electron chi connectivity index (χ2n) is 5.98. The minimum atomic E-state index is -4.07. The van der Waals surface area contributed by atoms with Crippen LogP contribution in [0.4, 0.5) is 0 Å². The minimum absolute atomic E-state index is 0.0174. The molecule has 0 N–H and O–H groups in total. The molecule has 1 amide bonds. The summed E-state index contributed by atoms with van der Waals surface area (Å²) in [6, 6.07) is 10.3. The lowest BCUT2D eigenvalue weighted by Crippen LogP contribution is -2.27. The number of rotatable bonds is 7. The van der Waals surface area contributed by atoms with Gasteiger partial charge in [-0.15, -0.1) is 6.58 Å². The number of amides is 1. The van der Waals surface area contributed by atoms with Crippen LogP contribution in [0.1, 0.15) is 5.56 Å². The summed E-state index contributed by atoms with van der Waals surface area (Å²) in [5, 5.41) is 0.411. The van der Waals surface area contributed by atoms with Gasteiger partial charge in [-0.2, -0.15) is 8.42 Å². The van der Waals surface area contributed by atoms with Gasteiger partial charge in [0.2, 0.25) is 0 Å². The van der Waals surface area contributed by atoms with Crippen molar-refractivity contribution in [3.05, 3.63) is 70.6 Å². The Labute approximate surface area is 189 Å². The molecule has 30 heavy (non-hydrogen) atoms. The zero-order chi connectivity index (χ0) is 21.9. The Balaban J connectivity index is 1.87. The third-order valence-electron chi connectivity index (χ3n) is 3.97. The van der Waals surface area contributed by atoms with Crippen molar-refractivity contribution in [1.82, 2.24) is 4.90 Å². The maximum absolute atomic E-state index is 12.5. The van der Waals surface area contributed by atoms with Crippen LogP contribution in [0.25, 0.3) is 6.08 Å². The normalized spacial score (nSPS) is 15.5. The smallest absolute Gasteiger partial charge is 0.339 e. The van der Waals surface area contributed by atoms with Crippen molar-refractivity contribution in [1.29, 1.82) is 0 Å². The Bertz CT molecular complexity index is 1140. The van der Waals surface area contributed by atoms with Gasteiger partial charge in [0, 0.05) is 11.6 Å². The highest BCUT2D eigenvalue weighted by Crippen LogP contribution is 2.35. The average Bonchev–Trinajstić information content (AvgIpc) is 2.97. The van der Waals surface area contributed by atoms with E-state index in [1.165, 1.54) is 54.1 Å². The van der Waals surface area contributed by atoms with E-state index in [9.17, 15) is 13.2 Å². The highest BCUT2D eigenvalue weighted by molar-refractivity contribution is 8.26. The van der Waals surface area contributed by atoms with E-state index in [1.54, 1.807) is 24.3 Å². The first-order chi connectivity index (χ1) is 14.2. The number of ether oxygens (including phenoxy) is 1. The lowest BCUT2D eigenvalue weighted by atomic mass is 10.2. The summed E-state index contributed by atoms with van der Waals surface area (Å²) in [4.78, 5) is 14.3. The highest BCUT2D eigenvalue weighted by atomic mass is 35.5. The van der Waals surface area contributed by atoms with Gasteiger partial charge < -0.3 is 8.92 Å². The zero-order valence-corrected chi connectivity index (χ0v) is 18.9. The minimum Gasteiger partial charge on any atom is -0.493 e. The molecule has 1 saturated heterocycles. The summed E-state index contributed by atoms with van der Waals surface area (Å²) in [6.45, 7) is 3.96. The number of carbonyl (C=O) groups is 1. The van der Waals surface area contributed by atoms with E-state index >= 15 is 0 Å². The fourth-order valence-corrected chi connectivity index (χ4v) is 4.89. The van der Waals surface area contributed by atoms with Crippen LogP contribution in [0.3, 0.4) is 0 Å². The summed E-state index contributed by atoms with van der Waals surface area (Å²) in [7, 11) is -2.68. The molecule has 0 unspecified atom stereocenters. The van der Waals surface area contributed by atoms with Crippen LogP contribution in [-0.2, 0) is 14.9 Å². The van der Waals surface area contributed by atoms with Gasteiger partial charge in [-0.05, 0) is 48.0 Å². The summed E-state index contributed by atoms with van der Waals surface area (Å²) >= 11 is 12.2. The van der Waals surface area contributed by atoms with Crippen LogP contribution in [-0.4, -0.2) is 37.2 Å². The van der Waals surface area contributed by atoms with Crippen molar-refractivity contribution in [2.24, 2.45) is 0 Å². The standard InChI is InChI=1S/C20H16ClNO5S3/c1-3-10-22-19(23)18(29-20(22)28)12-13-4-9-16(17(11-13)26-2)27-30(24,25)15-7-5-14(21)6-8-15/h3-9,11-12H,1,10H2,2H3. The summed E-state index contributed by atoms with van der Waals surface area (Å²) in [6.07, 6.45) is 3.26. The van der Waals surface area contributed by atoms with Gasteiger partial charge in [0.05, 0.1) is 12.0 Å². The number of nitrogens with zero attached hydrogens (tertiary/aromatic N) is 1. The van der Waals surface area contributed by atoms with Crippen molar-refractivity contribution < 1.29 is 22.1 Å². The molecule has 1 aliphatic heterocycles. The molecule has 0 atom stereocenters. The van der Waals surface area contributed by atoms with Gasteiger partial charge in [-0.3, -0.25) is 9.69 Å². The second-order valence-corrected chi connectivity index (χ2v) is 9.64. The van der Waals surface area contributed by atoms with Crippen LogP contribution < -0.4 is 8.92 Å². The first kappa shape index (κ1) is 22.4. The molecular weight excluding hydrogens is 466 g/mol. The molecule has 0 bridgehead atoms. The van der Waals surface area contributed by atoms with Crippen molar-refractivity contribution in [3.63, 3.8) is 0 Å². The first-order valence-electron chi connectivity index (χ1n) is 8.49. The Morgan fingerprint density at radius 1 is 1.20 bits per heavy atom. The van der Waals surface area contributed by atoms with Crippen LogP contribution in [0.5, 0.6) is 11.5 Å². The molecule has 2 aromatic rings. The largest absolute Gasteiger partial charge is 0.493 e. The molecule has 2 aromatic carbocycles. The van der Waals surface area contributed by atoms with Gasteiger partial charge in [0.25, 0.3) is 5.91 Å². The SMILES string of the molecule is C=CCN1C(=O)C(=Cc2ccc(OS(=O)(=O)c3ccc(Cl)cc3)c(OC)c2)SC1=S. The number of thioether (sulfide) groups is 1. The summed E-state index contributed by atoms with van der Waals surface area (Å²) in [5.41, 5.74) is 0.627. The Morgan fingerprint density at radius 2 is 1.90 bits per heavy atom. The summed E-state index contributed by atoms with van der Waals surface area (Å²) < 4.78 is 36.0. The molecule has 1 heterocycles. The Hall–Kier alpha value is -2.33.